The molecule has 0 unspecified atom stereocenters. The van der Waals surface area contributed by atoms with Crippen molar-refractivity contribution in [2.24, 2.45) is 0 Å². The molecule has 17 heavy (non-hydrogen) atoms. The molecule has 0 aromatic rings. The van der Waals surface area contributed by atoms with E-state index in [1.807, 2.05) is 6.08 Å². The predicted octanol–water partition coefficient (Wildman–Crippen LogP) is 5.98. The van der Waals surface area contributed by atoms with E-state index in [1.165, 1.54) is 36.8 Å². The van der Waals surface area contributed by atoms with Crippen LogP contribution in [0.5, 0.6) is 0 Å². The summed E-state index contributed by atoms with van der Waals surface area (Å²) in [4.78, 5) is 0. The summed E-state index contributed by atoms with van der Waals surface area (Å²) in [6.07, 6.45) is 14.6. The van der Waals surface area contributed by atoms with E-state index in [9.17, 15) is 0 Å². The quantitative estimate of drug-likeness (QED) is 0.356. The van der Waals surface area contributed by atoms with Crippen molar-refractivity contribution in [1.29, 1.82) is 0 Å². The second kappa shape index (κ2) is 10.1. The molecule has 0 aromatic carbocycles. The highest BCUT2D eigenvalue weighted by Crippen LogP contribution is 2.13. The zero-order valence-corrected chi connectivity index (χ0v) is 12.1. The van der Waals surface area contributed by atoms with Gasteiger partial charge in [-0.2, -0.15) is 0 Å². The number of hydrogen-bond acceptors (Lipinski definition) is 0. The van der Waals surface area contributed by atoms with E-state index in [1.54, 1.807) is 5.57 Å². The zero-order valence-electron chi connectivity index (χ0n) is 12.1. The van der Waals surface area contributed by atoms with Crippen LogP contribution in [0.3, 0.4) is 0 Å². The molecule has 0 rings (SSSR count). The average molecular weight is 232 g/mol. The first-order valence-corrected chi connectivity index (χ1v) is 6.76. The van der Waals surface area contributed by atoms with Gasteiger partial charge in [0.1, 0.15) is 0 Å². The largest absolute Gasteiger partial charge is 0.0988 e. The van der Waals surface area contributed by atoms with Gasteiger partial charge in [0.25, 0.3) is 0 Å². The molecule has 0 bridgehead atoms. The van der Waals surface area contributed by atoms with Gasteiger partial charge in [0.15, 0.2) is 0 Å². The van der Waals surface area contributed by atoms with Crippen LogP contribution in [-0.2, 0) is 0 Å². The minimum atomic E-state index is 1.04. The van der Waals surface area contributed by atoms with Crippen LogP contribution in [0, 0.1) is 0 Å². The van der Waals surface area contributed by atoms with E-state index in [-0.39, 0.29) is 0 Å². The molecule has 0 fully saturated rings. The Morgan fingerprint density at radius 1 is 1.00 bits per heavy atom. The van der Waals surface area contributed by atoms with Crippen LogP contribution >= 0.6 is 0 Å². The maximum Gasteiger partial charge on any atom is -0.0161 e. The van der Waals surface area contributed by atoms with Gasteiger partial charge >= 0.3 is 0 Å². The first kappa shape index (κ1) is 16.0. The lowest BCUT2D eigenvalue weighted by Gasteiger charge is -2.02. The van der Waals surface area contributed by atoms with Crippen molar-refractivity contribution in [3.63, 3.8) is 0 Å². The van der Waals surface area contributed by atoms with Crippen LogP contribution in [0.25, 0.3) is 0 Å². The first-order valence-electron chi connectivity index (χ1n) is 6.76. The summed E-state index contributed by atoms with van der Waals surface area (Å²) in [6, 6.07) is 0. The zero-order chi connectivity index (χ0) is 13.1. The van der Waals surface area contributed by atoms with Crippen molar-refractivity contribution in [3.8, 4) is 0 Å². The van der Waals surface area contributed by atoms with Gasteiger partial charge in [-0.25, -0.2) is 0 Å². The van der Waals surface area contributed by atoms with Gasteiger partial charge in [0.2, 0.25) is 0 Å². The van der Waals surface area contributed by atoms with Gasteiger partial charge in [-0.1, -0.05) is 61.4 Å². The van der Waals surface area contributed by atoms with Gasteiger partial charge in [-0.15, -0.1) is 0 Å². The van der Waals surface area contributed by atoms with Crippen LogP contribution in [0.1, 0.15) is 59.8 Å². The molecule has 0 amide bonds. The van der Waals surface area contributed by atoms with Gasteiger partial charge in [0, 0.05) is 0 Å². The molecule has 0 heteroatoms. The summed E-state index contributed by atoms with van der Waals surface area (Å²) in [7, 11) is 0. The molecule has 0 aliphatic rings. The van der Waals surface area contributed by atoms with Crippen LogP contribution < -0.4 is 0 Å². The van der Waals surface area contributed by atoms with E-state index < -0.39 is 0 Å². The predicted molar refractivity (Wildman–Crippen MR) is 80.2 cm³/mol. The van der Waals surface area contributed by atoms with Crippen molar-refractivity contribution < 1.29 is 0 Å². The minimum Gasteiger partial charge on any atom is -0.0988 e. The molecule has 0 N–H and O–H groups in total. The van der Waals surface area contributed by atoms with Gasteiger partial charge in [-0.3, -0.25) is 0 Å². The van der Waals surface area contributed by atoms with E-state index in [0.717, 1.165) is 6.42 Å². The Kier molecular flexibility index (Phi) is 9.52. The summed E-state index contributed by atoms with van der Waals surface area (Å²) in [5, 5.41) is 0. The van der Waals surface area contributed by atoms with Crippen LogP contribution in [0.2, 0.25) is 0 Å². The Balaban J connectivity index is 4.15. The third-order valence-electron chi connectivity index (χ3n) is 3.14. The maximum absolute atomic E-state index is 3.76. The SMILES string of the molecule is C=C/C(C)=C/C/C=C(\CC)CC/C=C(\C)CC. The molecule has 0 spiro atoms. The Morgan fingerprint density at radius 3 is 2.24 bits per heavy atom. The Hall–Kier alpha value is -1.04. The molecular weight excluding hydrogens is 204 g/mol. The Bertz CT molecular complexity index is 300. The normalized spacial score (nSPS) is 14.0. The topological polar surface area (TPSA) is 0 Å². The molecule has 0 radical (unpaired) electrons. The fourth-order valence-electron chi connectivity index (χ4n) is 1.57. The van der Waals surface area contributed by atoms with E-state index in [4.69, 9.17) is 0 Å². The number of allylic oxidation sites excluding steroid dienone is 7. The Morgan fingerprint density at radius 2 is 1.71 bits per heavy atom. The van der Waals surface area contributed by atoms with Crippen molar-refractivity contribution in [3.05, 3.63) is 47.6 Å². The third-order valence-corrected chi connectivity index (χ3v) is 3.14. The van der Waals surface area contributed by atoms with E-state index in [0.29, 0.717) is 0 Å². The minimum absolute atomic E-state index is 1.04. The van der Waals surface area contributed by atoms with Gasteiger partial charge in [-0.05, 0) is 46.0 Å². The second-order valence-electron chi connectivity index (χ2n) is 4.55. The van der Waals surface area contributed by atoms with Crippen LogP contribution in [-0.4, -0.2) is 0 Å². The molecule has 0 aromatic heterocycles. The standard InChI is InChI=1S/C17H28/c1-6-15(4)11-9-13-17(8-3)14-10-12-16(5)7-2/h6,11-13H,1,7-10,14H2,2-5H3/b15-11+,16-12+,17-13+. The molecule has 0 aliphatic carbocycles. The van der Waals surface area contributed by atoms with Gasteiger partial charge in [0.05, 0.1) is 0 Å². The first-order chi connectivity index (χ1) is 8.13. The van der Waals surface area contributed by atoms with Crippen molar-refractivity contribution >= 4 is 0 Å². The fraction of sp³-hybridized carbons (Fsp3) is 0.529. The summed E-state index contributed by atoms with van der Waals surface area (Å²) in [5.74, 6) is 0. The number of rotatable bonds is 8. The molecule has 0 nitrogen and oxygen atoms in total. The van der Waals surface area contributed by atoms with Gasteiger partial charge < -0.3 is 0 Å². The molecule has 0 saturated heterocycles. The lowest BCUT2D eigenvalue weighted by Crippen LogP contribution is -1.82. The maximum atomic E-state index is 3.76. The highest BCUT2D eigenvalue weighted by Gasteiger charge is 1.93. The average Bonchev–Trinajstić information content (AvgIpc) is 2.36. The second-order valence-corrected chi connectivity index (χ2v) is 4.55. The molecular formula is C17H28. The van der Waals surface area contributed by atoms with Crippen LogP contribution in [0.4, 0.5) is 0 Å². The molecule has 96 valence electrons. The highest BCUT2D eigenvalue weighted by atomic mass is 14.0. The summed E-state index contributed by atoms with van der Waals surface area (Å²) < 4.78 is 0. The molecule has 0 heterocycles. The Labute approximate surface area is 108 Å². The van der Waals surface area contributed by atoms with Crippen molar-refractivity contribution in [2.75, 3.05) is 0 Å². The third kappa shape index (κ3) is 8.74. The van der Waals surface area contributed by atoms with Crippen LogP contribution in [0.15, 0.2) is 47.6 Å². The summed E-state index contributed by atoms with van der Waals surface area (Å²) in [5.41, 5.74) is 4.33. The van der Waals surface area contributed by atoms with Crippen molar-refractivity contribution in [1.82, 2.24) is 0 Å². The van der Waals surface area contributed by atoms with E-state index in [2.05, 4.69) is 52.5 Å². The monoisotopic (exact) mass is 232 g/mol. The van der Waals surface area contributed by atoms with E-state index >= 15 is 0 Å². The molecule has 0 atom stereocenters. The highest BCUT2D eigenvalue weighted by molar-refractivity contribution is 5.15. The number of hydrogen-bond donors (Lipinski definition) is 0. The van der Waals surface area contributed by atoms with Crippen molar-refractivity contribution in [2.45, 2.75) is 59.8 Å². The smallest absolute Gasteiger partial charge is 0.0161 e. The fourth-order valence-corrected chi connectivity index (χ4v) is 1.57. The summed E-state index contributed by atoms with van der Waals surface area (Å²) >= 11 is 0. The molecule has 0 saturated carbocycles. The summed E-state index contributed by atoms with van der Waals surface area (Å²) in [6.45, 7) is 12.5. The molecule has 0 aliphatic heterocycles. The lowest BCUT2D eigenvalue weighted by atomic mass is 10.0. The lowest BCUT2D eigenvalue weighted by molar-refractivity contribution is 0.888.